The molecule has 188 valence electrons. The highest BCUT2D eigenvalue weighted by Gasteiger charge is 2.34. The molecule has 0 spiro atoms. The van der Waals surface area contributed by atoms with E-state index in [1.165, 1.54) is 6.92 Å². The predicted molar refractivity (Wildman–Crippen MR) is 113 cm³/mol. The summed E-state index contributed by atoms with van der Waals surface area (Å²) in [7, 11) is 0. The molecule has 4 amide bonds. The Kier molecular flexibility index (Phi) is 12.6. The Labute approximate surface area is 190 Å². The molecule has 0 rings (SSSR count). The summed E-state index contributed by atoms with van der Waals surface area (Å²) in [5, 5.41) is 34.6. The van der Waals surface area contributed by atoms with E-state index in [4.69, 9.17) is 16.6 Å². The molecule has 0 heterocycles. The Balaban J connectivity index is 5.47. The van der Waals surface area contributed by atoms with E-state index < -0.39 is 78.2 Å². The second-order valence-electron chi connectivity index (χ2n) is 7.71. The van der Waals surface area contributed by atoms with Crippen LogP contribution in [0.3, 0.4) is 0 Å². The molecule has 14 nitrogen and oxygen atoms in total. The van der Waals surface area contributed by atoms with Crippen LogP contribution in [0.1, 0.15) is 46.5 Å². The lowest BCUT2D eigenvalue weighted by molar-refractivity contribution is -0.144. The van der Waals surface area contributed by atoms with Gasteiger partial charge in [-0.05, 0) is 19.3 Å². The van der Waals surface area contributed by atoms with Gasteiger partial charge in [0.2, 0.25) is 23.6 Å². The highest BCUT2D eigenvalue weighted by molar-refractivity contribution is 5.95. The molecule has 0 aliphatic rings. The molecule has 0 aromatic heterocycles. The van der Waals surface area contributed by atoms with E-state index >= 15 is 0 Å². The van der Waals surface area contributed by atoms with Crippen LogP contribution in [0.4, 0.5) is 0 Å². The number of rotatable bonds is 15. The number of carboxylic acids is 2. The van der Waals surface area contributed by atoms with Crippen LogP contribution in [0.5, 0.6) is 0 Å². The van der Waals surface area contributed by atoms with E-state index in [0.29, 0.717) is 6.42 Å². The molecule has 10 N–H and O–H groups in total. The van der Waals surface area contributed by atoms with Gasteiger partial charge in [-0.1, -0.05) is 20.3 Å². The van der Waals surface area contributed by atoms with Crippen LogP contribution in [0.2, 0.25) is 0 Å². The number of carboxylic acid groups (broad SMARTS) is 2. The number of aliphatic hydroxyl groups excluding tert-OH is 1. The average molecular weight is 475 g/mol. The normalized spacial score (nSPS) is 16.3. The van der Waals surface area contributed by atoms with Gasteiger partial charge in [0.15, 0.2) is 0 Å². The van der Waals surface area contributed by atoms with Crippen LogP contribution in [0.25, 0.3) is 0 Å². The van der Waals surface area contributed by atoms with Crippen molar-refractivity contribution < 1.29 is 44.1 Å². The topological polar surface area (TPSA) is 251 Å². The van der Waals surface area contributed by atoms with Crippen LogP contribution in [-0.2, 0) is 28.8 Å². The van der Waals surface area contributed by atoms with Gasteiger partial charge in [-0.15, -0.1) is 0 Å². The molecular formula is C19H33N5O9. The molecule has 14 heteroatoms. The van der Waals surface area contributed by atoms with Crippen LogP contribution in [0.15, 0.2) is 0 Å². The summed E-state index contributed by atoms with van der Waals surface area (Å²) in [6, 6.07) is -5.67. The number of nitrogens with two attached hydrogens (primary N) is 2. The van der Waals surface area contributed by atoms with Crippen molar-refractivity contribution in [3.8, 4) is 0 Å². The van der Waals surface area contributed by atoms with Crippen molar-refractivity contribution in [3.05, 3.63) is 0 Å². The lowest BCUT2D eigenvalue weighted by Crippen LogP contribution is -2.61. The van der Waals surface area contributed by atoms with E-state index in [2.05, 4.69) is 16.0 Å². The van der Waals surface area contributed by atoms with Crippen molar-refractivity contribution in [1.29, 1.82) is 0 Å². The highest BCUT2D eigenvalue weighted by Crippen LogP contribution is 2.10. The molecule has 0 saturated heterocycles. The van der Waals surface area contributed by atoms with Crippen LogP contribution < -0.4 is 27.4 Å². The van der Waals surface area contributed by atoms with Crippen molar-refractivity contribution in [3.63, 3.8) is 0 Å². The van der Waals surface area contributed by atoms with Gasteiger partial charge < -0.3 is 42.7 Å². The van der Waals surface area contributed by atoms with E-state index in [9.17, 15) is 39.0 Å². The number of nitrogens with one attached hydrogen (secondary N) is 3. The zero-order valence-corrected chi connectivity index (χ0v) is 18.7. The van der Waals surface area contributed by atoms with Crippen molar-refractivity contribution >= 4 is 35.6 Å². The van der Waals surface area contributed by atoms with Crippen LogP contribution in [-0.4, -0.2) is 81.2 Å². The van der Waals surface area contributed by atoms with Gasteiger partial charge in [0.1, 0.15) is 18.1 Å². The largest absolute Gasteiger partial charge is 0.481 e. The maximum absolute atomic E-state index is 12.8. The summed E-state index contributed by atoms with van der Waals surface area (Å²) in [6.45, 7) is 4.52. The van der Waals surface area contributed by atoms with Crippen molar-refractivity contribution in [2.75, 3.05) is 0 Å². The highest BCUT2D eigenvalue weighted by atomic mass is 16.4. The number of carbonyl (C=O) groups is 6. The minimum Gasteiger partial charge on any atom is -0.481 e. The van der Waals surface area contributed by atoms with Gasteiger partial charge in [-0.2, -0.15) is 0 Å². The number of aliphatic carboxylic acids is 2. The molecule has 0 fully saturated rings. The quantitative estimate of drug-likeness (QED) is 0.119. The molecular weight excluding hydrogens is 442 g/mol. The lowest BCUT2D eigenvalue weighted by atomic mass is 9.97. The molecule has 0 aromatic rings. The number of hydrogen-bond acceptors (Lipinski definition) is 8. The molecule has 6 unspecified atom stereocenters. The summed E-state index contributed by atoms with van der Waals surface area (Å²) in [5.41, 5.74) is 10.6. The SMILES string of the molecule is CCC(C)C(NC(=O)C(NC(=O)C(N)CCC(=O)O)C(C)O)C(=O)NC(CC(N)=O)C(=O)O. The third-order valence-corrected chi connectivity index (χ3v) is 4.88. The minimum atomic E-state index is -1.61. The fourth-order valence-corrected chi connectivity index (χ4v) is 2.68. The summed E-state index contributed by atoms with van der Waals surface area (Å²) >= 11 is 0. The Morgan fingerprint density at radius 1 is 0.879 bits per heavy atom. The monoisotopic (exact) mass is 475 g/mol. The zero-order chi connectivity index (χ0) is 25.9. The van der Waals surface area contributed by atoms with Gasteiger partial charge in [0.05, 0.1) is 18.6 Å². The molecule has 0 saturated carbocycles. The van der Waals surface area contributed by atoms with Gasteiger partial charge >= 0.3 is 11.9 Å². The summed E-state index contributed by atoms with van der Waals surface area (Å²) in [6.07, 6.45) is -2.28. The second kappa shape index (κ2) is 14.0. The molecule has 0 aliphatic carbocycles. The number of primary amides is 1. The van der Waals surface area contributed by atoms with E-state index in [1.54, 1.807) is 13.8 Å². The number of amides is 4. The smallest absolute Gasteiger partial charge is 0.326 e. The predicted octanol–water partition coefficient (Wildman–Crippen LogP) is -2.98. The Hall–Kier alpha value is -3.26. The molecule has 0 aliphatic heterocycles. The Morgan fingerprint density at radius 3 is 1.82 bits per heavy atom. The minimum absolute atomic E-state index is 0.205. The zero-order valence-electron chi connectivity index (χ0n) is 18.7. The first-order valence-corrected chi connectivity index (χ1v) is 10.3. The van der Waals surface area contributed by atoms with Crippen molar-refractivity contribution in [1.82, 2.24) is 16.0 Å². The first-order chi connectivity index (χ1) is 15.2. The number of carbonyl (C=O) groups excluding carboxylic acids is 4. The van der Waals surface area contributed by atoms with Crippen molar-refractivity contribution in [2.45, 2.75) is 76.7 Å². The fourth-order valence-electron chi connectivity index (χ4n) is 2.68. The standard InChI is InChI=1S/C19H33N5O9/c1-4-8(2)14(17(30)22-11(19(32)33)7-12(21)26)23-18(31)15(9(3)25)24-16(29)10(20)5-6-13(27)28/h8-11,14-15,25H,4-7,20H2,1-3H3,(H2,21,26)(H,22,30)(H,23,31)(H,24,29)(H,27,28)(H,32,33). The third-order valence-electron chi connectivity index (χ3n) is 4.88. The number of aliphatic hydroxyl groups is 1. The molecule has 0 bridgehead atoms. The molecule has 0 radical (unpaired) electrons. The third kappa shape index (κ3) is 10.7. The molecule has 33 heavy (non-hydrogen) atoms. The van der Waals surface area contributed by atoms with Gasteiger partial charge in [0.25, 0.3) is 0 Å². The molecule has 6 atom stereocenters. The summed E-state index contributed by atoms with van der Waals surface area (Å²) in [5.74, 6) is -6.86. The Bertz CT molecular complexity index is 743. The first-order valence-electron chi connectivity index (χ1n) is 10.3. The van der Waals surface area contributed by atoms with E-state index in [0.717, 1.165) is 0 Å². The fraction of sp³-hybridized carbons (Fsp3) is 0.684. The summed E-state index contributed by atoms with van der Waals surface area (Å²) < 4.78 is 0. The summed E-state index contributed by atoms with van der Waals surface area (Å²) in [4.78, 5) is 70.6. The van der Waals surface area contributed by atoms with E-state index in [1.807, 2.05) is 0 Å². The maximum Gasteiger partial charge on any atom is 0.326 e. The Morgan fingerprint density at radius 2 is 1.39 bits per heavy atom. The first kappa shape index (κ1) is 29.7. The van der Waals surface area contributed by atoms with Gasteiger partial charge in [-0.3, -0.25) is 24.0 Å². The van der Waals surface area contributed by atoms with Gasteiger partial charge in [0, 0.05) is 6.42 Å². The average Bonchev–Trinajstić information content (AvgIpc) is 2.71. The van der Waals surface area contributed by atoms with Crippen LogP contribution >= 0.6 is 0 Å². The van der Waals surface area contributed by atoms with E-state index in [-0.39, 0.29) is 12.8 Å². The lowest BCUT2D eigenvalue weighted by Gasteiger charge is -2.28. The van der Waals surface area contributed by atoms with Crippen molar-refractivity contribution in [2.24, 2.45) is 17.4 Å². The maximum atomic E-state index is 12.8. The molecule has 0 aromatic carbocycles. The number of hydrogen-bond donors (Lipinski definition) is 8. The van der Waals surface area contributed by atoms with Gasteiger partial charge in [-0.25, -0.2) is 4.79 Å². The second-order valence-corrected chi connectivity index (χ2v) is 7.71. The van der Waals surface area contributed by atoms with Crippen LogP contribution in [0, 0.1) is 5.92 Å².